The Labute approximate surface area is 163 Å². The molecule has 1 radical (unpaired) electrons. The van der Waals surface area contributed by atoms with Gasteiger partial charge < -0.3 is 10.4 Å². The fourth-order valence-electron chi connectivity index (χ4n) is 5.25. The van der Waals surface area contributed by atoms with E-state index in [1.54, 1.807) is 6.42 Å². The minimum Gasteiger partial charge on any atom is -0.328 e. The van der Waals surface area contributed by atoms with Crippen molar-refractivity contribution in [2.45, 2.75) is 57.0 Å². The summed E-state index contributed by atoms with van der Waals surface area (Å²) < 4.78 is 0. The van der Waals surface area contributed by atoms with Crippen LogP contribution in [0.15, 0.2) is 0 Å². The second-order valence-electron chi connectivity index (χ2n) is 7.35. The quantitative estimate of drug-likeness (QED) is 0.341. The molecule has 4 atom stereocenters. The standard InChI is InChI=1S/C15H26N2.Cu.2HNO3/c1-3-7-16-11-13-9-12(14(16)5-1)10-17-8-4-2-6-15(13)17;;2*2-1(3)4/h12-15H,1-11H2;;2*(H,2,3,4)/q;+2;;. The van der Waals surface area contributed by atoms with Crippen molar-refractivity contribution in [3.8, 4) is 0 Å². The zero-order valence-corrected chi connectivity index (χ0v) is 15.6. The van der Waals surface area contributed by atoms with Crippen LogP contribution in [0.1, 0.15) is 44.9 Å². The number of nitrogens with zero attached hydrogens (tertiary/aromatic N) is 4. The molecule has 4 aliphatic rings. The first-order chi connectivity index (χ1) is 11.9. The largest absolute Gasteiger partial charge is 2.00 e. The van der Waals surface area contributed by atoms with Crippen molar-refractivity contribution in [2.75, 3.05) is 26.2 Å². The van der Waals surface area contributed by atoms with E-state index in [4.69, 9.17) is 30.6 Å². The SMILES string of the molecule is C1CCN2CC3CC(CN4CCCCC34)C2C1.O=[N+]([O-])O.O=[N+]([O-])O.[Cu+2]. The van der Waals surface area contributed by atoms with Crippen molar-refractivity contribution in [1.29, 1.82) is 0 Å². The summed E-state index contributed by atoms with van der Waals surface area (Å²) in [5, 5.41) is 27.3. The van der Waals surface area contributed by atoms with Gasteiger partial charge in [0.15, 0.2) is 0 Å². The van der Waals surface area contributed by atoms with Crippen molar-refractivity contribution < 1.29 is 37.7 Å². The Morgan fingerprint density at radius 3 is 1.46 bits per heavy atom. The Morgan fingerprint density at radius 1 is 0.769 bits per heavy atom. The minimum atomic E-state index is -1.50. The molecule has 0 spiro atoms. The molecule has 2 N–H and O–H groups in total. The normalized spacial score (nSPS) is 32.8. The van der Waals surface area contributed by atoms with Crippen LogP contribution in [0.4, 0.5) is 0 Å². The topological polar surface area (TPSA) is 133 Å². The Balaban J connectivity index is 0.000000324. The molecule has 10 nitrogen and oxygen atoms in total. The maximum Gasteiger partial charge on any atom is 2.00 e. The minimum absolute atomic E-state index is 0. The summed E-state index contributed by atoms with van der Waals surface area (Å²) in [5.41, 5.74) is 0. The van der Waals surface area contributed by atoms with Gasteiger partial charge in [0.25, 0.3) is 10.2 Å². The molecule has 4 rings (SSSR count). The molecule has 26 heavy (non-hydrogen) atoms. The van der Waals surface area contributed by atoms with E-state index >= 15 is 0 Å². The third kappa shape index (κ3) is 6.53. The van der Waals surface area contributed by atoms with Gasteiger partial charge in [-0.25, -0.2) is 0 Å². The molecule has 4 unspecified atom stereocenters. The number of hydrogen-bond acceptors (Lipinski definition) is 6. The zero-order valence-electron chi connectivity index (χ0n) is 14.7. The first kappa shape index (κ1) is 22.9. The van der Waals surface area contributed by atoms with Crippen LogP contribution in [0.25, 0.3) is 0 Å². The summed E-state index contributed by atoms with van der Waals surface area (Å²) in [4.78, 5) is 22.5. The van der Waals surface area contributed by atoms with Crippen molar-refractivity contribution in [3.63, 3.8) is 0 Å². The monoisotopic (exact) mass is 423 g/mol. The fraction of sp³-hybridized carbons (Fsp3) is 1.00. The van der Waals surface area contributed by atoms with Crippen LogP contribution in [-0.4, -0.2) is 68.7 Å². The van der Waals surface area contributed by atoms with E-state index in [0.717, 1.165) is 23.9 Å². The van der Waals surface area contributed by atoms with Gasteiger partial charge in [-0.2, -0.15) is 0 Å². The summed E-state index contributed by atoms with van der Waals surface area (Å²) in [5.74, 6) is 2.03. The molecule has 4 aliphatic heterocycles. The van der Waals surface area contributed by atoms with Crippen molar-refractivity contribution in [3.05, 3.63) is 20.2 Å². The zero-order chi connectivity index (χ0) is 18.4. The molecule has 0 aromatic heterocycles. The van der Waals surface area contributed by atoms with E-state index in [1.165, 1.54) is 64.7 Å². The van der Waals surface area contributed by atoms with Gasteiger partial charge in [-0.3, -0.25) is 9.80 Å². The van der Waals surface area contributed by atoms with Gasteiger partial charge in [-0.05, 0) is 57.0 Å². The van der Waals surface area contributed by atoms with Crippen LogP contribution in [0, 0.1) is 32.1 Å². The van der Waals surface area contributed by atoms with E-state index in [9.17, 15) is 0 Å². The van der Waals surface area contributed by atoms with Gasteiger partial charge in [-0.15, -0.1) is 20.2 Å². The molecule has 2 bridgehead atoms. The third-order valence-corrected chi connectivity index (χ3v) is 5.96. The molecular weight excluding hydrogens is 396 g/mol. The predicted octanol–water partition coefficient (Wildman–Crippen LogP) is 1.65. The average Bonchev–Trinajstić information content (AvgIpc) is 2.54. The predicted molar refractivity (Wildman–Crippen MR) is 87.6 cm³/mol. The molecule has 0 saturated carbocycles. The molecule has 11 heteroatoms. The maximum atomic E-state index is 8.36. The second kappa shape index (κ2) is 10.9. The molecule has 4 fully saturated rings. The Bertz CT molecular complexity index is 423. The van der Waals surface area contributed by atoms with Crippen molar-refractivity contribution in [2.24, 2.45) is 11.8 Å². The Hall–Kier alpha value is -1.16. The summed E-state index contributed by atoms with van der Waals surface area (Å²) >= 11 is 0. The molecule has 0 amide bonds. The first-order valence-corrected chi connectivity index (χ1v) is 9.03. The maximum absolute atomic E-state index is 8.36. The fourth-order valence-corrected chi connectivity index (χ4v) is 5.25. The van der Waals surface area contributed by atoms with Crippen molar-refractivity contribution >= 4 is 0 Å². The first-order valence-electron chi connectivity index (χ1n) is 9.03. The Kier molecular flexibility index (Phi) is 9.56. The summed E-state index contributed by atoms with van der Waals surface area (Å²) in [6.07, 6.45) is 10.5. The number of rotatable bonds is 0. The number of piperidine rings is 4. The Morgan fingerprint density at radius 2 is 1.12 bits per heavy atom. The van der Waals surface area contributed by atoms with Crippen molar-refractivity contribution in [1.82, 2.24) is 9.80 Å². The molecule has 4 saturated heterocycles. The van der Waals surface area contributed by atoms with Crippen LogP contribution in [0.3, 0.4) is 0 Å². The van der Waals surface area contributed by atoms with Crippen LogP contribution < -0.4 is 0 Å². The van der Waals surface area contributed by atoms with E-state index in [2.05, 4.69) is 9.80 Å². The molecular formula is C15H28CuN4O6+2. The molecule has 153 valence electrons. The van der Waals surface area contributed by atoms with Crippen LogP contribution >= 0.6 is 0 Å². The second-order valence-corrected chi connectivity index (χ2v) is 7.35. The van der Waals surface area contributed by atoms with Crippen LogP contribution in [0.2, 0.25) is 0 Å². The van der Waals surface area contributed by atoms with Gasteiger partial charge in [-0.1, -0.05) is 12.8 Å². The molecule has 0 aromatic rings. The smallest absolute Gasteiger partial charge is 0.328 e. The van der Waals surface area contributed by atoms with E-state index in [1.807, 2.05) is 0 Å². The van der Waals surface area contributed by atoms with Gasteiger partial charge in [0, 0.05) is 25.2 Å². The summed E-state index contributed by atoms with van der Waals surface area (Å²) in [6, 6.07) is 1.92. The van der Waals surface area contributed by atoms with Gasteiger partial charge >= 0.3 is 17.1 Å². The average molecular weight is 424 g/mol. The molecule has 0 aliphatic carbocycles. The van der Waals surface area contributed by atoms with Crippen LogP contribution in [-0.2, 0) is 17.1 Å². The number of fused-ring (bicyclic) bond motifs is 6. The molecule has 0 aromatic carbocycles. The van der Waals surface area contributed by atoms with E-state index in [0.29, 0.717) is 0 Å². The van der Waals surface area contributed by atoms with Gasteiger partial charge in [0.1, 0.15) is 0 Å². The number of hydrogen-bond donors (Lipinski definition) is 2. The van der Waals surface area contributed by atoms with Crippen LogP contribution in [0.5, 0.6) is 0 Å². The van der Waals surface area contributed by atoms with E-state index < -0.39 is 10.2 Å². The molecule has 4 heterocycles. The summed E-state index contributed by atoms with van der Waals surface area (Å²) in [7, 11) is 0. The summed E-state index contributed by atoms with van der Waals surface area (Å²) in [6.45, 7) is 5.68. The van der Waals surface area contributed by atoms with Gasteiger partial charge in [0.2, 0.25) is 0 Å². The van der Waals surface area contributed by atoms with Gasteiger partial charge in [0.05, 0.1) is 0 Å². The van der Waals surface area contributed by atoms with E-state index in [-0.39, 0.29) is 17.1 Å². The third-order valence-electron chi connectivity index (χ3n) is 5.96.